The second kappa shape index (κ2) is 7.74. The molecule has 0 aliphatic heterocycles. The lowest BCUT2D eigenvalue weighted by molar-refractivity contribution is -0.119. The summed E-state index contributed by atoms with van der Waals surface area (Å²) in [5, 5.41) is 2.61. The van der Waals surface area contributed by atoms with Crippen molar-refractivity contribution in [2.45, 2.75) is 6.92 Å². The summed E-state index contributed by atoms with van der Waals surface area (Å²) in [6, 6.07) is 6.96. The Kier molecular flexibility index (Phi) is 5.45. The Balaban J connectivity index is 1.93. The molecule has 2 rings (SSSR count). The molecule has 23 heavy (non-hydrogen) atoms. The Morgan fingerprint density at radius 1 is 1.22 bits per heavy atom. The fourth-order valence-corrected chi connectivity index (χ4v) is 1.74. The molecular formula is C15H16N4O4. The molecule has 120 valence electrons. The van der Waals surface area contributed by atoms with Crippen molar-refractivity contribution in [2.75, 3.05) is 24.3 Å². The first-order chi connectivity index (χ1) is 11.1. The van der Waals surface area contributed by atoms with Crippen molar-refractivity contribution in [1.29, 1.82) is 0 Å². The second-order valence-electron chi connectivity index (χ2n) is 4.34. The van der Waals surface area contributed by atoms with Crippen LogP contribution in [0.15, 0.2) is 36.7 Å². The van der Waals surface area contributed by atoms with E-state index in [0.29, 0.717) is 18.0 Å². The largest absolute Gasteiger partial charge is 0.492 e. The summed E-state index contributed by atoms with van der Waals surface area (Å²) in [6.07, 6.45) is 2.66. The van der Waals surface area contributed by atoms with Crippen molar-refractivity contribution in [3.05, 3.63) is 42.4 Å². The number of ether oxygens (including phenoxy) is 2. The van der Waals surface area contributed by atoms with E-state index in [9.17, 15) is 9.59 Å². The van der Waals surface area contributed by atoms with Gasteiger partial charge in [-0.15, -0.1) is 0 Å². The van der Waals surface area contributed by atoms with Gasteiger partial charge in [0.1, 0.15) is 5.75 Å². The first-order valence-electron chi connectivity index (χ1n) is 6.87. The number of hydrogen-bond donors (Lipinski definition) is 2. The molecule has 0 bridgehead atoms. The molecule has 0 fully saturated rings. The number of nitrogens with one attached hydrogen (secondary N) is 1. The van der Waals surface area contributed by atoms with Gasteiger partial charge in [-0.2, -0.15) is 0 Å². The summed E-state index contributed by atoms with van der Waals surface area (Å²) in [5.74, 6) is -0.843. The first-order valence-corrected chi connectivity index (χ1v) is 6.87. The van der Waals surface area contributed by atoms with Crippen LogP contribution >= 0.6 is 0 Å². The molecule has 1 amide bonds. The Bertz CT molecular complexity index is 705. The van der Waals surface area contributed by atoms with Crippen molar-refractivity contribution >= 4 is 23.4 Å². The molecule has 0 atom stereocenters. The zero-order valence-corrected chi connectivity index (χ0v) is 12.5. The van der Waals surface area contributed by atoms with Gasteiger partial charge in [0.25, 0.3) is 5.91 Å². The quantitative estimate of drug-likeness (QED) is 0.770. The van der Waals surface area contributed by atoms with E-state index in [4.69, 9.17) is 15.2 Å². The number of esters is 1. The third kappa shape index (κ3) is 4.40. The van der Waals surface area contributed by atoms with E-state index in [1.807, 2.05) is 6.92 Å². The average molecular weight is 316 g/mol. The molecule has 0 spiro atoms. The van der Waals surface area contributed by atoms with E-state index in [2.05, 4.69) is 15.3 Å². The predicted octanol–water partition coefficient (Wildman–Crippen LogP) is 1.25. The number of anilines is 2. The summed E-state index contributed by atoms with van der Waals surface area (Å²) in [7, 11) is 0. The van der Waals surface area contributed by atoms with Gasteiger partial charge in [-0.1, -0.05) is 12.1 Å². The van der Waals surface area contributed by atoms with Crippen molar-refractivity contribution < 1.29 is 19.1 Å². The molecule has 8 nitrogen and oxygen atoms in total. The fourth-order valence-electron chi connectivity index (χ4n) is 1.74. The van der Waals surface area contributed by atoms with Crippen LogP contribution in [0.3, 0.4) is 0 Å². The van der Waals surface area contributed by atoms with Crippen molar-refractivity contribution in [1.82, 2.24) is 9.97 Å². The monoisotopic (exact) mass is 316 g/mol. The Labute approximate surface area is 132 Å². The standard InChI is InChI=1S/C15H16N4O4/c1-2-22-11-6-4-3-5-10(11)19-12(20)9-23-15(21)13-14(16)18-8-7-17-13/h3-8H,2,9H2,1H3,(H2,16,18)(H,19,20). The molecule has 1 aromatic heterocycles. The molecule has 0 aliphatic rings. The van der Waals surface area contributed by atoms with Crippen LogP contribution < -0.4 is 15.8 Å². The van der Waals surface area contributed by atoms with Gasteiger partial charge < -0.3 is 20.5 Å². The van der Waals surface area contributed by atoms with Crippen LogP contribution in [0.2, 0.25) is 0 Å². The minimum absolute atomic E-state index is 0.0559. The topological polar surface area (TPSA) is 116 Å². The number of hydrogen-bond acceptors (Lipinski definition) is 7. The maximum atomic E-state index is 11.9. The summed E-state index contributed by atoms with van der Waals surface area (Å²) in [5.41, 5.74) is 5.88. The van der Waals surface area contributed by atoms with Crippen LogP contribution in [0, 0.1) is 0 Å². The van der Waals surface area contributed by atoms with E-state index in [1.54, 1.807) is 24.3 Å². The number of carbonyl (C=O) groups is 2. The minimum atomic E-state index is -0.816. The molecular weight excluding hydrogens is 300 g/mol. The highest BCUT2D eigenvalue weighted by molar-refractivity contribution is 5.97. The number of nitrogens with zero attached hydrogens (tertiary/aromatic N) is 2. The maximum absolute atomic E-state index is 11.9. The number of rotatable bonds is 6. The van der Waals surface area contributed by atoms with Gasteiger partial charge in [0.2, 0.25) is 0 Å². The van der Waals surface area contributed by atoms with E-state index < -0.39 is 18.5 Å². The molecule has 1 heterocycles. The number of benzene rings is 1. The van der Waals surface area contributed by atoms with Crippen LogP contribution in [0.4, 0.5) is 11.5 Å². The summed E-state index contributed by atoms with van der Waals surface area (Å²) in [4.78, 5) is 31.2. The highest BCUT2D eigenvalue weighted by Gasteiger charge is 2.16. The number of carbonyl (C=O) groups excluding carboxylic acids is 2. The molecule has 0 saturated carbocycles. The number of nitrogen functional groups attached to an aromatic ring is 1. The van der Waals surface area contributed by atoms with Crippen LogP contribution in [-0.2, 0) is 9.53 Å². The molecule has 3 N–H and O–H groups in total. The van der Waals surface area contributed by atoms with Crippen LogP contribution in [0.25, 0.3) is 0 Å². The average Bonchev–Trinajstić information content (AvgIpc) is 2.55. The summed E-state index contributed by atoms with van der Waals surface area (Å²) in [6.45, 7) is 1.83. The predicted molar refractivity (Wildman–Crippen MR) is 83.0 cm³/mol. The van der Waals surface area contributed by atoms with Gasteiger partial charge in [0.05, 0.1) is 12.3 Å². The molecule has 1 aromatic carbocycles. The highest BCUT2D eigenvalue weighted by atomic mass is 16.5. The van der Waals surface area contributed by atoms with Crippen molar-refractivity contribution in [2.24, 2.45) is 0 Å². The van der Waals surface area contributed by atoms with Gasteiger partial charge in [0, 0.05) is 12.4 Å². The molecule has 0 saturated heterocycles. The zero-order chi connectivity index (χ0) is 16.7. The van der Waals surface area contributed by atoms with E-state index in [0.717, 1.165) is 0 Å². The summed E-state index contributed by atoms with van der Waals surface area (Å²) < 4.78 is 10.3. The molecule has 2 aromatic rings. The van der Waals surface area contributed by atoms with Gasteiger partial charge in [-0.25, -0.2) is 14.8 Å². The van der Waals surface area contributed by atoms with Crippen LogP contribution in [0.5, 0.6) is 5.75 Å². The van der Waals surface area contributed by atoms with Crippen LogP contribution in [0.1, 0.15) is 17.4 Å². The summed E-state index contributed by atoms with van der Waals surface area (Å²) >= 11 is 0. The lowest BCUT2D eigenvalue weighted by atomic mass is 10.3. The molecule has 8 heteroatoms. The number of nitrogens with two attached hydrogens (primary N) is 1. The Morgan fingerprint density at radius 3 is 2.70 bits per heavy atom. The van der Waals surface area contributed by atoms with Crippen LogP contribution in [-0.4, -0.2) is 35.1 Å². The number of para-hydroxylation sites is 2. The normalized spacial score (nSPS) is 9.96. The van der Waals surface area contributed by atoms with E-state index >= 15 is 0 Å². The van der Waals surface area contributed by atoms with Gasteiger partial charge in [-0.05, 0) is 19.1 Å². The molecule has 0 radical (unpaired) electrons. The van der Waals surface area contributed by atoms with Gasteiger partial charge >= 0.3 is 5.97 Å². The maximum Gasteiger partial charge on any atom is 0.361 e. The third-order valence-corrected chi connectivity index (χ3v) is 2.72. The number of amides is 1. The van der Waals surface area contributed by atoms with Crippen molar-refractivity contribution in [3.63, 3.8) is 0 Å². The van der Waals surface area contributed by atoms with Crippen molar-refractivity contribution in [3.8, 4) is 5.75 Å². The second-order valence-corrected chi connectivity index (χ2v) is 4.34. The highest BCUT2D eigenvalue weighted by Crippen LogP contribution is 2.23. The lowest BCUT2D eigenvalue weighted by Gasteiger charge is -2.11. The third-order valence-electron chi connectivity index (χ3n) is 2.72. The first kappa shape index (κ1) is 16.2. The number of aromatic nitrogens is 2. The van der Waals surface area contributed by atoms with Gasteiger partial charge in [0.15, 0.2) is 18.1 Å². The molecule has 0 aliphatic carbocycles. The SMILES string of the molecule is CCOc1ccccc1NC(=O)COC(=O)c1nccnc1N. The Morgan fingerprint density at radius 2 is 1.96 bits per heavy atom. The van der Waals surface area contributed by atoms with E-state index in [1.165, 1.54) is 12.4 Å². The van der Waals surface area contributed by atoms with Gasteiger partial charge in [-0.3, -0.25) is 4.79 Å². The minimum Gasteiger partial charge on any atom is -0.492 e. The fraction of sp³-hybridized carbons (Fsp3) is 0.200. The lowest BCUT2D eigenvalue weighted by Crippen LogP contribution is -2.22. The Hall–Kier alpha value is -3.16. The molecule has 0 unspecified atom stereocenters. The smallest absolute Gasteiger partial charge is 0.361 e. The van der Waals surface area contributed by atoms with E-state index in [-0.39, 0.29) is 11.5 Å². The zero-order valence-electron chi connectivity index (χ0n) is 12.5.